The van der Waals surface area contributed by atoms with Gasteiger partial charge in [0.15, 0.2) is 12.2 Å². The highest BCUT2D eigenvalue weighted by atomic mass is 32.1. The average molecular weight is 466 g/mol. The number of fused-ring (bicyclic) bond motifs is 1. The molecule has 7 nitrogen and oxygen atoms in total. The van der Waals surface area contributed by atoms with E-state index in [1.54, 1.807) is 0 Å². The summed E-state index contributed by atoms with van der Waals surface area (Å²) in [5.41, 5.74) is 6.56. The number of aliphatic hydroxyl groups is 2. The molecule has 1 aliphatic rings. The first-order valence-corrected chi connectivity index (χ1v) is 11.7. The highest BCUT2D eigenvalue weighted by Gasteiger charge is 2.35. The largest absolute Gasteiger partial charge is 0.380 e. The minimum absolute atomic E-state index is 0.114. The van der Waals surface area contributed by atoms with E-state index in [0.29, 0.717) is 24.5 Å². The Morgan fingerprint density at radius 3 is 2.30 bits per heavy atom. The zero-order valence-electron chi connectivity index (χ0n) is 18.6. The summed E-state index contributed by atoms with van der Waals surface area (Å²) in [6.07, 6.45) is -2.97. The van der Waals surface area contributed by atoms with Crippen LogP contribution in [0.5, 0.6) is 0 Å². The van der Waals surface area contributed by atoms with Crippen LogP contribution >= 0.6 is 11.3 Å². The van der Waals surface area contributed by atoms with Crippen LogP contribution in [0, 0.1) is 13.8 Å². The molecule has 3 N–H and O–H groups in total. The van der Waals surface area contributed by atoms with Crippen molar-refractivity contribution in [2.45, 2.75) is 52.1 Å². The molecule has 0 spiro atoms. The normalized spacial score (nSPS) is 14.6. The monoisotopic (exact) mass is 465 g/mol. The van der Waals surface area contributed by atoms with Gasteiger partial charge >= 0.3 is 0 Å². The maximum absolute atomic E-state index is 12.6. The molecular formula is C25H27N3O4S. The van der Waals surface area contributed by atoms with E-state index in [-0.39, 0.29) is 6.54 Å². The number of nitrogens with zero attached hydrogens (tertiary/aromatic N) is 2. The Hall–Kier alpha value is -3.07. The lowest BCUT2D eigenvalue weighted by Gasteiger charge is -2.22. The van der Waals surface area contributed by atoms with Crippen molar-refractivity contribution in [3.63, 3.8) is 0 Å². The maximum atomic E-state index is 12.6. The van der Waals surface area contributed by atoms with E-state index in [1.807, 2.05) is 35.7 Å². The van der Waals surface area contributed by atoms with Gasteiger partial charge in [0.2, 0.25) is 0 Å². The first-order valence-electron chi connectivity index (χ1n) is 10.8. The van der Waals surface area contributed by atoms with Gasteiger partial charge in [0.25, 0.3) is 11.8 Å². The molecule has 0 saturated heterocycles. The Morgan fingerprint density at radius 2 is 1.67 bits per heavy atom. The number of aromatic nitrogens is 1. The standard InChI is InChI=1S/C25H27N3O4S/c1-15-6-5-7-16(2)20(15)10-19-14-33-21(27-19)11-26-24(31)22(29)23(30)25(32)28-12-17-8-3-4-9-18(17)13-28/h3-9,14,22-23,29-30H,10-13H2,1-2H3,(H,26,31)/t22-,23-/m1/s1. The Bertz CT molecular complexity index is 1130. The Morgan fingerprint density at radius 1 is 1.03 bits per heavy atom. The topological polar surface area (TPSA) is 103 Å². The highest BCUT2D eigenvalue weighted by Crippen LogP contribution is 2.23. The number of benzene rings is 2. The van der Waals surface area contributed by atoms with E-state index in [9.17, 15) is 19.8 Å². The number of hydrogen-bond donors (Lipinski definition) is 3. The summed E-state index contributed by atoms with van der Waals surface area (Å²) >= 11 is 1.42. The van der Waals surface area contributed by atoms with Gasteiger partial charge in [-0.05, 0) is 41.7 Å². The van der Waals surface area contributed by atoms with Crippen molar-refractivity contribution in [2.75, 3.05) is 0 Å². The SMILES string of the molecule is Cc1cccc(C)c1Cc1csc(CNC(=O)[C@H](O)[C@@H](O)C(=O)N2Cc3ccccc3C2)n1. The molecule has 1 aromatic heterocycles. The maximum Gasteiger partial charge on any atom is 0.255 e. The third-order valence-corrected chi connectivity index (χ3v) is 6.89. The number of aryl methyl sites for hydroxylation is 2. The van der Waals surface area contributed by atoms with Crippen LogP contribution in [0.2, 0.25) is 0 Å². The molecular weight excluding hydrogens is 438 g/mol. The Labute approximate surface area is 196 Å². The lowest BCUT2D eigenvalue weighted by atomic mass is 9.99. The molecule has 3 aromatic rings. The number of carbonyl (C=O) groups is 2. The second kappa shape index (κ2) is 9.82. The minimum Gasteiger partial charge on any atom is -0.380 e. The fourth-order valence-electron chi connectivity index (χ4n) is 4.04. The van der Waals surface area contributed by atoms with Crippen molar-refractivity contribution >= 4 is 23.2 Å². The van der Waals surface area contributed by atoms with Crippen LogP contribution < -0.4 is 5.32 Å². The van der Waals surface area contributed by atoms with E-state index >= 15 is 0 Å². The second-order valence-electron chi connectivity index (χ2n) is 8.35. The minimum atomic E-state index is -1.85. The van der Waals surface area contributed by atoms with Crippen molar-refractivity contribution in [1.29, 1.82) is 0 Å². The van der Waals surface area contributed by atoms with Gasteiger partial charge in [-0.2, -0.15) is 0 Å². The first kappa shape index (κ1) is 23.1. The highest BCUT2D eigenvalue weighted by molar-refractivity contribution is 7.09. The van der Waals surface area contributed by atoms with Crippen LogP contribution in [0.4, 0.5) is 0 Å². The van der Waals surface area contributed by atoms with Gasteiger partial charge in [0, 0.05) is 24.9 Å². The zero-order chi connectivity index (χ0) is 23.5. The molecule has 1 aliphatic heterocycles. The molecule has 4 rings (SSSR count). The van der Waals surface area contributed by atoms with Gasteiger partial charge in [0.05, 0.1) is 12.2 Å². The molecule has 0 fully saturated rings. The lowest BCUT2D eigenvalue weighted by Crippen LogP contribution is -2.49. The molecule has 2 aromatic carbocycles. The number of thiazole rings is 1. The van der Waals surface area contributed by atoms with Crippen molar-refractivity contribution in [2.24, 2.45) is 0 Å². The third-order valence-electron chi connectivity index (χ3n) is 5.99. The van der Waals surface area contributed by atoms with Crippen molar-refractivity contribution in [1.82, 2.24) is 15.2 Å². The lowest BCUT2D eigenvalue weighted by molar-refractivity contribution is -0.153. The average Bonchev–Trinajstić information content (AvgIpc) is 3.45. The van der Waals surface area contributed by atoms with E-state index in [4.69, 9.17) is 0 Å². The van der Waals surface area contributed by atoms with Crippen molar-refractivity contribution in [3.05, 3.63) is 86.4 Å². The summed E-state index contributed by atoms with van der Waals surface area (Å²) in [5, 5.41) is 25.8. The molecule has 0 unspecified atom stereocenters. The fourth-order valence-corrected chi connectivity index (χ4v) is 4.78. The summed E-state index contributed by atoms with van der Waals surface area (Å²) in [6.45, 7) is 4.96. The quantitative estimate of drug-likeness (QED) is 0.497. The summed E-state index contributed by atoms with van der Waals surface area (Å²) in [4.78, 5) is 31.0. The second-order valence-corrected chi connectivity index (χ2v) is 9.29. The van der Waals surface area contributed by atoms with E-state index in [1.165, 1.54) is 32.9 Å². The van der Waals surface area contributed by atoms with E-state index in [0.717, 1.165) is 16.8 Å². The van der Waals surface area contributed by atoms with Gasteiger partial charge in [-0.15, -0.1) is 11.3 Å². The molecule has 2 atom stereocenters. The zero-order valence-corrected chi connectivity index (χ0v) is 19.4. The molecule has 8 heteroatoms. The number of carbonyl (C=O) groups excluding carboxylic acids is 2. The number of aliphatic hydroxyl groups excluding tert-OH is 2. The van der Waals surface area contributed by atoms with Crippen LogP contribution in [0.15, 0.2) is 47.8 Å². The molecule has 2 heterocycles. The van der Waals surface area contributed by atoms with Crippen LogP contribution in [0.3, 0.4) is 0 Å². The van der Waals surface area contributed by atoms with E-state index in [2.05, 4.69) is 36.3 Å². The summed E-state index contributed by atoms with van der Waals surface area (Å²) in [7, 11) is 0. The van der Waals surface area contributed by atoms with Gasteiger partial charge in [0.1, 0.15) is 5.01 Å². The predicted molar refractivity (Wildman–Crippen MR) is 125 cm³/mol. The van der Waals surface area contributed by atoms with Crippen molar-refractivity contribution in [3.8, 4) is 0 Å². The first-order chi connectivity index (χ1) is 15.8. The Balaban J connectivity index is 1.30. The van der Waals surface area contributed by atoms with Gasteiger partial charge < -0.3 is 20.4 Å². The van der Waals surface area contributed by atoms with E-state index < -0.39 is 24.0 Å². The van der Waals surface area contributed by atoms with Crippen LogP contribution in [-0.4, -0.2) is 44.1 Å². The summed E-state index contributed by atoms with van der Waals surface area (Å²) < 4.78 is 0. The summed E-state index contributed by atoms with van der Waals surface area (Å²) in [5.74, 6) is -1.47. The van der Waals surface area contributed by atoms with Crippen molar-refractivity contribution < 1.29 is 19.8 Å². The van der Waals surface area contributed by atoms with Gasteiger partial charge in [-0.3, -0.25) is 9.59 Å². The Kier molecular flexibility index (Phi) is 6.88. The smallest absolute Gasteiger partial charge is 0.255 e. The molecule has 0 bridgehead atoms. The van der Waals surface area contributed by atoms with Gasteiger partial charge in [-0.25, -0.2) is 4.98 Å². The van der Waals surface area contributed by atoms with Gasteiger partial charge in [-0.1, -0.05) is 42.5 Å². The summed E-state index contributed by atoms with van der Waals surface area (Å²) in [6, 6.07) is 13.8. The molecule has 0 aliphatic carbocycles. The number of amides is 2. The van der Waals surface area contributed by atoms with Crippen LogP contribution in [0.25, 0.3) is 0 Å². The fraction of sp³-hybridized carbons (Fsp3) is 0.320. The molecule has 33 heavy (non-hydrogen) atoms. The molecule has 172 valence electrons. The predicted octanol–water partition coefficient (Wildman–Crippen LogP) is 2.23. The number of hydrogen-bond acceptors (Lipinski definition) is 6. The number of rotatable bonds is 7. The third kappa shape index (κ3) is 5.13. The molecule has 0 radical (unpaired) electrons. The number of nitrogens with one attached hydrogen (secondary N) is 1. The molecule has 2 amide bonds. The van der Waals surface area contributed by atoms with Crippen LogP contribution in [-0.2, 0) is 35.6 Å². The molecule has 0 saturated carbocycles. The van der Waals surface area contributed by atoms with Crippen LogP contribution in [0.1, 0.15) is 38.5 Å².